The van der Waals surface area contributed by atoms with Crippen LogP contribution in [0.4, 0.5) is 0 Å². The van der Waals surface area contributed by atoms with Gasteiger partial charge in [0.25, 0.3) is 0 Å². The van der Waals surface area contributed by atoms with E-state index in [1.807, 2.05) is 19.1 Å². The molecule has 0 bridgehead atoms. The number of thiophene rings is 1. The van der Waals surface area contributed by atoms with Crippen LogP contribution in [0.15, 0.2) is 18.3 Å². The molecule has 0 N–H and O–H groups in total. The van der Waals surface area contributed by atoms with Crippen molar-refractivity contribution < 1.29 is 4.92 Å². The predicted octanol–water partition coefficient (Wildman–Crippen LogP) is 2.69. The molecule has 0 spiro atoms. The van der Waals surface area contributed by atoms with Gasteiger partial charge in [-0.3, -0.25) is 10.1 Å². The Morgan fingerprint density at radius 3 is 2.75 bits per heavy atom. The van der Waals surface area contributed by atoms with Gasteiger partial charge in [0, 0.05) is 15.3 Å². The first-order chi connectivity index (χ1) is 5.59. The maximum absolute atomic E-state index is 10.1. The number of hydrogen-bond donors (Lipinski definition) is 0. The van der Waals surface area contributed by atoms with E-state index in [4.69, 9.17) is 0 Å². The molecule has 0 aliphatic carbocycles. The van der Waals surface area contributed by atoms with Crippen molar-refractivity contribution in [3.63, 3.8) is 0 Å². The van der Waals surface area contributed by atoms with Crippen LogP contribution >= 0.6 is 11.3 Å². The molecule has 0 radical (unpaired) electrons. The molecule has 0 saturated carbocycles. The highest BCUT2D eigenvalue weighted by molar-refractivity contribution is 7.13. The van der Waals surface area contributed by atoms with Gasteiger partial charge in [-0.05, 0) is 26.0 Å². The van der Waals surface area contributed by atoms with Crippen molar-refractivity contribution in [3.05, 3.63) is 38.2 Å². The molecule has 0 aromatic carbocycles. The monoisotopic (exact) mass is 183 g/mol. The lowest BCUT2D eigenvalue weighted by Gasteiger charge is -1.89. The van der Waals surface area contributed by atoms with E-state index in [-0.39, 0.29) is 0 Å². The van der Waals surface area contributed by atoms with Gasteiger partial charge >= 0.3 is 0 Å². The molecule has 0 unspecified atom stereocenters. The highest BCUT2D eigenvalue weighted by atomic mass is 32.1. The van der Waals surface area contributed by atoms with E-state index < -0.39 is 4.92 Å². The summed E-state index contributed by atoms with van der Waals surface area (Å²) in [6, 6.07) is 3.85. The van der Waals surface area contributed by atoms with Crippen LogP contribution in [-0.4, -0.2) is 4.92 Å². The van der Waals surface area contributed by atoms with Crippen molar-refractivity contribution >= 4 is 16.9 Å². The van der Waals surface area contributed by atoms with Gasteiger partial charge in [-0.15, -0.1) is 11.3 Å². The van der Waals surface area contributed by atoms with Crippen LogP contribution in [0.2, 0.25) is 0 Å². The summed E-state index contributed by atoms with van der Waals surface area (Å²) >= 11 is 1.57. The molecular formula is C8H9NO2S. The standard InChI is InChI=1S/C8H9NO2S/c1-6(5-9(10)11)8-4-3-7(2)12-8/h3-5H,1-2H3/b6-5+. The van der Waals surface area contributed by atoms with Gasteiger partial charge in [0.05, 0.1) is 4.92 Å². The van der Waals surface area contributed by atoms with Crippen molar-refractivity contribution in [1.82, 2.24) is 0 Å². The molecule has 0 saturated heterocycles. The van der Waals surface area contributed by atoms with Gasteiger partial charge in [0.1, 0.15) is 0 Å². The maximum Gasteiger partial charge on any atom is 0.238 e. The van der Waals surface area contributed by atoms with E-state index in [0.29, 0.717) is 5.57 Å². The molecule has 1 aromatic heterocycles. The highest BCUT2D eigenvalue weighted by Crippen LogP contribution is 2.22. The van der Waals surface area contributed by atoms with Crippen molar-refractivity contribution in [2.45, 2.75) is 13.8 Å². The van der Waals surface area contributed by atoms with Crippen LogP contribution in [0.3, 0.4) is 0 Å². The summed E-state index contributed by atoms with van der Waals surface area (Å²) in [6.45, 7) is 3.72. The molecule has 0 aliphatic rings. The van der Waals surface area contributed by atoms with Crippen LogP contribution < -0.4 is 0 Å². The SMILES string of the molecule is C/C(=C\[N+](=O)[O-])c1ccc(C)s1. The number of nitrogens with zero attached hydrogens (tertiary/aromatic N) is 1. The lowest BCUT2D eigenvalue weighted by Crippen LogP contribution is -1.85. The molecule has 4 heteroatoms. The van der Waals surface area contributed by atoms with E-state index in [2.05, 4.69) is 0 Å². The Morgan fingerprint density at radius 2 is 2.33 bits per heavy atom. The molecule has 0 fully saturated rings. The summed E-state index contributed by atoms with van der Waals surface area (Å²) in [6.07, 6.45) is 1.03. The van der Waals surface area contributed by atoms with Crippen LogP contribution in [-0.2, 0) is 0 Å². The molecule has 64 valence electrons. The largest absolute Gasteiger partial charge is 0.259 e. The Hall–Kier alpha value is -1.16. The van der Waals surface area contributed by atoms with Gasteiger partial charge < -0.3 is 0 Å². The van der Waals surface area contributed by atoms with Crippen LogP contribution in [0.5, 0.6) is 0 Å². The molecule has 1 aromatic rings. The first-order valence-electron chi connectivity index (χ1n) is 3.48. The normalized spacial score (nSPS) is 11.7. The van der Waals surface area contributed by atoms with Crippen molar-refractivity contribution in [1.29, 1.82) is 0 Å². The second-order valence-electron chi connectivity index (χ2n) is 2.51. The number of aryl methyl sites for hydroxylation is 1. The van der Waals surface area contributed by atoms with Crippen molar-refractivity contribution in [2.24, 2.45) is 0 Å². The van der Waals surface area contributed by atoms with Crippen LogP contribution in [0.1, 0.15) is 16.7 Å². The quantitative estimate of drug-likeness (QED) is 0.522. The van der Waals surface area contributed by atoms with E-state index in [9.17, 15) is 10.1 Å². The Balaban J connectivity index is 2.91. The zero-order chi connectivity index (χ0) is 9.14. The fourth-order valence-corrected chi connectivity index (χ4v) is 1.70. The average Bonchev–Trinajstić information content (AvgIpc) is 2.34. The Labute approximate surface area is 74.5 Å². The summed E-state index contributed by atoms with van der Waals surface area (Å²) in [5.74, 6) is 0. The predicted molar refractivity (Wildman–Crippen MR) is 49.7 cm³/mol. The smallest absolute Gasteiger partial charge is 0.238 e. The zero-order valence-electron chi connectivity index (χ0n) is 6.90. The summed E-state index contributed by atoms with van der Waals surface area (Å²) in [4.78, 5) is 11.8. The summed E-state index contributed by atoms with van der Waals surface area (Å²) in [5, 5.41) is 10.1. The summed E-state index contributed by atoms with van der Waals surface area (Å²) in [5.41, 5.74) is 0.707. The van der Waals surface area contributed by atoms with Gasteiger partial charge in [0.15, 0.2) is 0 Å². The summed E-state index contributed by atoms with van der Waals surface area (Å²) < 4.78 is 0. The molecule has 12 heavy (non-hydrogen) atoms. The molecule has 0 amide bonds. The van der Waals surface area contributed by atoms with Gasteiger partial charge in [0.2, 0.25) is 6.20 Å². The summed E-state index contributed by atoms with van der Waals surface area (Å²) in [7, 11) is 0. The molecule has 1 heterocycles. The lowest BCUT2D eigenvalue weighted by molar-refractivity contribution is -0.401. The third-order valence-electron chi connectivity index (χ3n) is 1.43. The fraction of sp³-hybridized carbons (Fsp3) is 0.250. The first kappa shape index (κ1) is 8.93. The Kier molecular flexibility index (Phi) is 2.60. The van der Waals surface area contributed by atoms with E-state index in [1.165, 1.54) is 4.88 Å². The molecule has 0 atom stereocenters. The minimum Gasteiger partial charge on any atom is -0.259 e. The van der Waals surface area contributed by atoms with Crippen LogP contribution in [0, 0.1) is 17.0 Å². The Bertz CT molecular complexity index is 328. The van der Waals surface area contributed by atoms with Gasteiger partial charge in [-0.1, -0.05) is 0 Å². The zero-order valence-corrected chi connectivity index (χ0v) is 7.72. The molecule has 3 nitrogen and oxygen atoms in total. The molecule has 1 rings (SSSR count). The Morgan fingerprint density at radius 1 is 1.67 bits per heavy atom. The number of rotatable bonds is 2. The fourth-order valence-electron chi connectivity index (χ4n) is 0.868. The van der Waals surface area contributed by atoms with Crippen molar-refractivity contribution in [2.75, 3.05) is 0 Å². The topological polar surface area (TPSA) is 43.1 Å². The second kappa shape index (κ2) is 3.49. The minimum atomic E-state index is -0.426. The highest BCUT2D eigenvalue weighted by Gasteiger charge is 2.02. The van der Waals surface area contributed by atoms with E-state index in [1.54, 1.807) is 18.3 Å². The van der Waals surface area contributed by atoms with E-state index >= 15 is 0 Å². The number of nitro groups is 1. The maximum atomic E-state index is 10.1. The minimum absolute atomic E-state index is 0.426. The van der Waals surface area contributed by atoms with Gasteiger partial charge in [-0.2, -0.15) is 0 Å². The van der Waals surface area contributed by atoms with Crippen molar-refractivity contribution in [3.8, 4) is 0 Å². The van der Waals surface area contributed by atoms with Crippen LogP contribution in [0.25, 0.3) is 5.57 Å². The number of hydrogen-bond acceptors (Lipinski definition) is 3. The average molecular weight is 183 g/mol. The molecule has 0 aliphatic heterocycles. The van der Waals surface area contributed by atoms with E-state index in [0.717, 1.165) is 11.1 Å². The third-order valence-corrected chi connectivity index (χ3v) is 2.56. The lowest BCUT2D eigenvalue weighted by atomic mass is 10.3. The molecular weight excluding hydrogens is 174 g/mol. The number of allylic oxidation sites excluding steroid dienone is 1. The third kappa shape index (κ3) is 2.17. The van der Waals surface area contributed by atoms with Gasteiger partial charge in [-0.25, -0.2) is 0 Å². The first-order valence-corrected chi connectivity index (χ1v) is 4.30. The second-order valence-corrected chi connectivity index (χ2v) is 3.80.